The molecule has 0 spiro atoms. The first-order valence-electron chi connectivity index (χ1n) is 6.09. The van der Waals surface area contributed by atoms with Crippen molar-refractivity contribution in [2.45, 2.75) is 18.7 Å². The van der Waals surface area contributed by atoms with Gasteiger partial charge in [0.1, 0.15) is 0 Å². The zero-order valence-corrected chi connectivity index (χ0v) is 12.1. The number of hydrogen-bond donors (Lipinski definition) is 1. The topological polar surface area (TPSA) is 63.2 Å². The first-order chi connectivity index (χ1) is 9.38. The van der Waals surface area contributed by atoms with Crippen LogP contribution in [-0.2, 0) is 10.0 Å². The van der Waals surface area contributed by atoms with Crippen LogP contribution in [0.25, 0.3) is 0 Å². The third-order valence-corrected chi connectivity index (χ3v) is 4.24. The molecule has 0 amide bonds. The summed E-state index contributed by atoms with van der Waals surface area (Å²) in [5.41, 5.74) is 1.97. The van der Waals surface area contributed by atoms with Crippen LogP contribution < -0.4 is 4.72 Å². The van der Waals surface area contributed by atoms with E-state index in [0.29, 0.717) is 11.3 Å². The SMILES string of the molecule is CC(=O)c1ccc(S(=O)(=O)Nc2cccc(C)c2)cc1. The van der Waals surface area contributed by atoms with Crippen molar-refractivity contribution in [2.75, 3.05) is 4.72 Å². The van der Waals surface area contributed by atoms with Crippen molar-refractivity contribution in [1.29, 1.82) is 0 Å². The number of nitrogens with one attached hydrogen (secondary N) is 1. The lowest BCUT2D eigenvalue weighted by atomic mass is 10.2. The fraction of sp³-hybridized carbons (Fsp3) is 0.133. The molecule has 0 bridgehead atoms. The second-order valence-electron chi connectivity index (χ2n) is 4.56. The molecule has 0 unspecified atom stereocenters. The molecule has 2 aromatic carbocycles. The van der Waals surface area contributed by atoms with Crippen molar-refractivity contribution in [3.05, 3.63) is 59.7 Å². The van der Waals surface area contributed by atoms with Gasteiger partial charge in [0.15, 0.2) is 5.78 Å². The van der Waals surface area contributed by atoms with Crippen LogP contribution in [0.2, 0.25) is 0 Å². The maximum Gasteiger partial charge on any atom is 0.261 e. The molecule has 0 radical (unpaired) electrons. The summed E-state index contributed by atoms with van der Waals surface area (Å²) in [5.74, 6) is -0.0967. The number of hydrogen-bond acceptors (Lipinski definition) is 3. The van der Waals surface area contributed by atoms with Gasteiger partial charge in [-0.3, -0.25) is 9.52 Å². The average Bonchev–Trinajstić information content (AvgIpc) is 2.38. The Morgan fingerprint density at radius 3 is 2.25 bits per heavy atom. The molecule has 104 valence electrons. The molecule has 0 heterocycles. The smallest absolute Gasteiger partial charge is 0.261 e. The van der Waals surface area contributed by atoms with Crippen LogP contribution in [0.4, 0.5) is 5.69 Å². The standard InChI is InChI=1S/C15H15NO3S/c1-11-4-3-5-14(10-11)16-20(18,19)15-8-6-13(7-9-15)12(2)17/h3-10,16H,1-2H3. The molecule has 2 aromatic rings. The summed E-state index contributed by atoms with van der Waals surface area (Å²) >= 11 is 0. The van der Waals surface area contributed by atoms with Crippen molar-refractivity contribution in [3.63, 3.8) is 0 Å². The van der Waals surface area contributed by atoms with Crippen molar-refractivity contribution < 1.29 is 13.2 Å². The monoisotopic (exact) mass is 289 g/mol. The normalized spacial score (nSPS) is 11.1. The molecular formula is C15H15NO3S. The molecule has 0 aliphatic rings. The number of ketones is 1. The zero-order valence-electron chi connectivity index (χ0n) is 11.3. The number of sulfonamides is 1. The van der Waals surface area contributed by atoms with E-state index in [2.05, 4.69) is 4.72 Å². The molecule has 1 N–H and O–H groups in total. The Bertz CT molecular complexity index is 734. The fourth-order valence-corrected chi connectivity index (χ4v) is 2.84. The lowest BCUT2D eigenvalue weighted by Gasteiger charge is -2.09. The van der Waals surface area contributed by atoms with Crippen molar-refractivity contribution in [2.24, 2.45) is 0 Å². The fourth-order valence-electron chi connectivity index (χ4n) is 1.79. The summed E-state index contributed by atoms with van der Waals surface area (Å²) in [7, 11) is -3.63. The van der Waals surface area contributed by atoms with Crippen molar-refractivity contribution >= 4 is 21.5 Å². The minimum Gasteiger partial charge on any atom is -0.295 e. The van der Waals surface area contributed by atoms with Gasteiger partial charge in [0.25, 0.3) is 10.0 Å². The Balaban J connectivity index is 2.28. The molecule has 0 aliphatic carbocycles. The van der Waals surface area contributed by atoms with Crippen LogP contribution in [0.15, 0.2) is 53.4 Å². The van der Waals surface area contributed by atoms with Gasteiger partial charge in [0.2, 0.25) is 0 Å². The molecule has 5 heteroatoms. The van der Waals surface area contributed by atoms with Crippen LogP contribution in [0, 0.1) is 6.92 Å². The summed E-state index contributed by atoms with van der Waals surface area (Å²) in [6.07, 6.45) is 0. The summed E-state index contributed by atoms with van der Waals surface area (Å²) in [6.45, 7) is 3.33. The Kier molecular flexibility index (Phi) is 3.90. The summed E-state index contributed by atoms with van der Waals surface area (Å²) in [5, 5.41) is 0. The van der Waals surface area contributed by atoms with Gasteiger partial charge in [-0.15, -0.1) is 0 Å². The second-order valence-corrected chi connectivity index (χ2v) is 6.24. The van der Waals surface area contributed by atoms with Gasteiger partial charge < -0.3 is 0 Å². The summed E-state index contributed by atoms with van der Waals surface area (Å²) < 4.78 is 26.9. The van der Waals surface area contributed by atoms with Gasteiger partial charge >= 0.3 is 0 Å². The number of Topliss-reactive ketones (excluding diaryl/α,β-unsaturated/α-hetero) is 1. The number of carbonyl (C=O) groups excluding carboxylic acids is 1. The van der Waals surface area contributed by atoms with E-state index in [9.17, 15) is 13.2 Å². The Morgan fingerprint density at radius 1 is 1.05 bits per heavy atom. The average molecular weight is 289 g/mol. The van der Waals surface area contributed by atoms with Gasteiger partial charge in [0.05, 0.1) is 4.90 Å². The molecule has 4 nitrogen and oxygen atoms in total. The number of benzene rings is 2. The van der Waals surface area contributed by atoms with Crippen molar-refractivity contribution in [1.82, 2.24) is 0 Å². The molecule has 0 aromatic heterocycles. The molecule has 0 atom stereocenters. The molecule has 2 rings (SSSR count). The van der Waals surface area contributed by atoms with E-state index in [1.807, 2.05) is 13.0 Å². The quantitative estimate of drug-likeness (QED) is 0.880. The lowest BCUT2D eigenvalue weighted by Crippen LogP contribution is -2.13. The van der Waals surface area contributed by atoms with E-state index in [-0.39, 0.29) is 10.7 Å². The third kappa shape index (κ3) is 3.24. The predicted octanol–water partition coefficient (Wildman–Crippen LogP) is 3.00. The Labute approximate surface area is 118 Å². The van der Waals surface area contributed by atoms with E-state index in [4.69, 9.17) is 0 Å². The highest BCUT2D eigenvalue weighted by molar-refractivity contribution is 7.92. The van der Waals surface area contributed by atoms with Crippen molar-refractivity contribution in [3.8, 4) is 0 Å². The Morgan fingerprint density at radius 2 is 1.70 bits per heavy atom. The number of aryl methyl sites for hydroxylation is 1. The zero-order chi connectivity index (χ0) is 14.8. The van der Waals surface area contributed by atoms with Gasteiger partial charge in [-0.25, -0.2) is 8.42 Å². The molecule has 0 fully saturated rings. The number of carbonyl (C=O) groups is 1. The second kappa shape index (κ2) is 5.46. The van der Waals surface area contributed by atoms with E-state index in [1.54, 1.807) is 18.2 Å². The first kappa shape index (κ1) is 14.3. The van der Waals surface area contributed by atoms with Gasteiger partial charge in [-0.1, -0.05) is 24.3 Å². The molecule has 20 heavy (non-hydrogen) atoms. The lowest BCUT2D eigenvalue weighted by molar-refractivity contribution is 0.101. The predicted molar refractivity (Wildman–Crippen MR) is 78.4 cm³/mol. The first-order valence-corrected chi connectivity index (χ1v) is 7.57. The molecule has 0 saturated heterocycles. The maximum atomic E-state index is 12.2. The largest absolute Gasteiger partial charge is 0.295 e. The highest BCUT2D eigenvalue weighted by Crippen LogP contribution is 2.17. The van der Waals surface area contributed by atoms with Crippen LogP contribution in [-0.4, -0.2) is 14.2 Å². The number of anilines is 1. The third-order valence-electron chi connectivity index (χ3n) is 2.84. The van der Waals surface area contributed by atoms with E-state index in [1.165, 1.54) is 31.2 Å². The van der Waals surface area contributed by atoms with Crippen LogP contribution in [0.3, 0.4) is 0 Å². The van der Waals surface area contributed by atoms with Gasteiger partial charge in [-0.05, 0) is 43.7 Å². The molecule has 0 aliphatic heterocycles. The number of rotatable bonds is 4. The van der Waals surface area contributed by atoms with Crippen LogP contribution >= 0.6 is 0 Å². The van der Waals surface area contributed by atoms with E-state index >= 15 is 0 Å². The van der Waals surface area contributed by atoms with Crippen LogP contribution in [0.5, 0.6) is 0 Å². The highest BCUT2D eigenvalue weighted by atomic mass is 32.2. The van der Waals surface area contributed by atoms with Crippen LogP contribution in [0.1, 0.15) is 22.8 Å². The van der Waals surface area contributed by atoms with Gasteiger partial charge in [0, 0.05) is 11.3 Å². The van der Waals surface area contributed by atoms with Gasteiger partial charge in [-0.2, -0.15) is 0 Å². The minimum atomic E-state index is -3.63. The van der Waals surface area contributed by atoms with E-state index in [0.717, 1.165) is 5.56 Å². The Hall–Kier alpha value is -2.14. The molecular weight excluding hydrogens is 274 g/mol. The summed E-state index contributed by atoms with van der Waals surface area (Å²) in [4.78, 5) is 11.3. The maximum absolute atomic E-state index is 12.2. The molecule has 0 saturated carbocycles. The summed E-state index contributed by atoms with van der Waals surface area (Å²) in [6, 6.07) is 13.0. The van der Waals surface area contributed by atoms with E-state index < -0.39 is 10.0 Å². The minimum absolute atomic E-state index is 0.0967. The highest BCUT2D eigenvalue weighted by Gasteiger charge is 2.14.